The van der Waals surface area contributed by atoms with Crippen LogP contribution in [0.2, 0.25) is 0 Å². The molecule has 0 spiro atoms. The van der Waals surface area contributed by atoms with Crippen LogP contribution in [0, 0.1) is 11.3 Å². The number of carbonyl (C=O) groups excluding carboxylic acids is 2. The Morgan fingerprint density at radius 3 is 2.61 bits per heavy atom. The van der Waals surface area contributed by atoms with E-state index in [0.717, 1.165) is 55.8 Å². The first kappa shape index (κ1) is 19.6. The lowest BCUT2D eigenvalue weighted by Gasteiger charge is -2.34. The number of thiophene rings is 2. The highest BCUT2D eigenvalue weighted by molar-refractivity contribution is 7.17. The van der Waals surface area contributed by atoms with Crippen LogP contribution < -0.4 is 5.32 Å². The van der Waals surface area contributed by atoms with Gasteiger partial charge in [0.2, 0.25) is 0 Å². The molecule has 0 bridgehead atoms. The summed E-state index contributed by atoms with van der Waals surface area (Å²) < 4.78 is 0. The first-order chi connectivity index (χ1) is 13.3. The summed E-state index contributed by atoms with van der Waals surface area (Å²) in [5, 5.41) is 5.72. The lowest BCUT2D eigenvalue weighted by Crippen LogP contribution is -2.30. The fourth-order valence-corrected chi connectivity index (χ4v) is 6.22. The predicted molar refractivity (Wildman–Crippen MR) is 117 cm³/mol. The number of amides is 2. The van der Waals surface area contributed by atoms with Gasteiger partial charge in [-0.25, -0.2) is 0 Å². The highest BCUT2D eigenvalue weighted by Gasteiger charge is 2.35. The Morgan fingerprint density at radius 1 is 1.21 bits per heavy atom. The van der Waals surface area contributed by atoms with E-state index >= 15 is 0 Å². The standard InChI is InChI=1S/C22H28N2O2S2/c1-22(2,3)14-8-9-15-17(13-14)28-20(23-19(25)16-7-6-12-27-16)18(15)21(26)24-10-4-5-11-24/h6-7,12,14H,4-5,8-11,13H2,1-3H3,(H,23,25)/t14-/m0/s1. The van der Waals surface area contributed by atoms with Gasteiger partial charge in [0.05, 0.1) is 10.4 Å². The van der Waals surface area contributed by atoms with Crippen LogP contribution in [0.1, 0.15) is 70.5 Å². The first-order valence-electron chi connectivity index (χ1n) is 10.1. The van der Waals surface area contributed by atoms with Gasteiger partial charge in [0.1, 0.15) is 5.00 Å². The molecule has 2 aliphatic rings. The maximum atomic E-state index is 13.3. The average Bonchev–Trinajstić information content (AvgIpc) is 3.39. The molecule has 1 atom stereocenters. The number of fused-ring (bicyclic) bond motifs is 1. The van der Waals surface area contributed by atoms with Crippen molar-refractivity contribution in [2.75, 3.05) is 18.4 Å². The minimum absolute atomic E-state index is 0.102. The van der Waals surface area contributed by atoms with Crippen LogP contribution in [-0.2, 0) is 12.8 Å². The number of anilines is 1. The van der Waals surface area contributed by atoms with Gasteiger partial charge >= 0.3 is 0 Å². The van der Waals surface area contributed by atoms with Crippen molar-refractivity contribution < 1.29 is 9.59 Å². The summed E-state index contributed by atoms with van der Waals surface area (Å²) >= 11 is 3.05. The van der Waals surface area contributed by atoms with Gasteiger partial charge < -0.3 is 10.2 Å². The molecule has 150 valence electrons. The van der Waals surface area contributed by atoms with Gasteiger partial charge in [0.25, 0.3) is 11.8 Å². The van der Waals surface area contributed by atoms with E-state index in [-0.39, 0.29) is 17.2 Å². The Balaban J connectivity index is 1.69. The minimum atomic E-state index is -0.114. The van der Waals surface area contributed by atoms with Crippen LogP contribution in [0.3, 0.4) is 0 Å². The fraction of sp³-hybridized carbons (Fsp3) is 0.545. The van der Waals surface area contributed by atoms with Gasteiger partial charge in [-0.2, -0.15) is 0 Å². The number of nitrogens with zero attached hydrogens (tertiary/aromatic N) is 1. The van der Waals surface area contributed by atoms with E-state index in [4.69, 9.17) is 0 Å². The molecule has 0 aromatic carbocycles. The molecule has 4 nitrogen and oxygen atoms in total. The van der Waals surface area contributed by atoms with Crippen molar-refractivity contribution in [1.82, 2.24) is 4.90 Å². The molecule has 4 rings (SSSR count). The summed E-state index contributed by atoms with van der Waals surface area (Å²) in [4.78, 5) is 29.9. The summed E-state index contributed by atoms with van der Waals surface area (Å²) in [6, 6.07) is 3.70. The zero-order valence-electron chi connectivity index (χ0n) is 16.8. The second kappa shape index (κ2) is 7.64. The Bertz CT molecular complexity index is 871. The predicted octanol–water partition coefficient (Wildman–Crippen LogP) is 5.45. The molecule has 2 aromatic rings. The molecule has 2 amide bonds. The van der Waals surface area contributed by atoms with Gasteiger partial charge in [-0.15, -0.1) is 22.7 Å². The number of rotatable bonds is 3. The van der Waals surface area contributed by atoms with E-state index in [0.29, 0.717) is 10.8 Å². The van der Waals surface area contributed by atoms with Crippen molar-refractivity contribution in [3.63, 3.8) is 0 Å². The summed E-state index contributed by atoms with van der Waals surface area (Å²) in [6.07, 6.45) is 5.17. The van der Waals surface area contributed by atoms with Crippen LogP contribution in [0.25, 0.3) is 0 Å². The van der Waals surface area contributed by atoms with Crippen LogP contribution in [0.4, 0.5) is 5.00 Å². The molecule has 6 heteroatoms. The van der Waals surface area contributed by atoms with Gasteiger partial charge in [0.15, 0.2) is 0 Å². The molecule has 1 N–H and O–H groups in total. The third-order valence-corrected chi connectivity index (χ3v) is 8.11. The minimum Gasteiger partial charge on any atom is -0.339 e. The van der Waals surface area contributed by atoms with Crippen molar-refractivity contribution >= 4 is 39.5 Å². The normalized spacial score (nSPS) is 19.5. The maximum Gasteiger partial charge on any atom is 0.266 e. The summed E-state index contributed by atoms with van der Waals surface area (Å²) in [5.74, 6) is 0.594. The summed E-state index contributed by atoms with van der Waals surface area (Å²) in [5.41, 5.74) is 2.20. The molecule has 3 heterocycles. The highest BCUT2D eigenvalue weighted by Crippen LogP contribution is 2.45. The Labute approximate surface area is 174 Å². The monoisotopic (exact) mass is 416 g/mol. The number of carbonyl (C=O) groups is 2. The number of likely N-dealkylation sites (tertiary alicyclic amines) is 1. The molecule has 1 aliphatic heterocycles. The van der Waals surface area contributed by atoms with E-state index in [9.17, 15) is 9.59 Å². The van der Waals surface area contributed by atoms with Gasteiger partial charge in [-0.1, -0.05) is 26.8 Å². The van der Waals surface area contributed by atoms with Gasteiger partial charge in [0, 0.05) is 18.0 Å². The van der Waals surface area contributed by atoms with E-state index in [1.165, 1.54) is 21.8 Å². The number of nitrogens with one attached hydrogen (secondary N) is 1. The first-order valence-corrected chi connectivity index (χ1v) is 11.8. The zero-order valence-corrected chi connectivity index (χ0v) is 18.5. The smallest absolute Gasteiger partial charge is 0.266 e. The number of hydrogen-bond acceptors (Lipinski definition) is 4. The lowest BCUT2D eigenvalue weighted by atomic mass is 9.72. The SMILES string of the molecule is CC(C)(C)[C@H]1CCc2c(sc(NC(=O)c3cccs3)c2C(=O)N2CCCC2)C1. The average molecular weight is 417 g/mol. The van der Waals surface area contributed by atoms with Crippen LogP contribution >= 0.6 is 22.7 Å². The second-order valence-corrected chi connectivity index (χ2v) is 11.0. The van der Waals surface area contributed by atoms with Crippen molar-refractivity contribution in [2.45, 2.75) is 52.9 Å². The molecule has 0 unspecified atom stereocenters. The van der Waals surface area contributed by atoms with Crippen LogP contribution in [-0.4, -0.2) is 29.8 Å². The quantitative estimate of drug-likeness (QED) is 0.723. The molecule has 1 aliphatic carbocycles. The molecule has 1 saturated heterocycles. The Morgan fingerprint density at radius 2 is 1.96 bits per heavy atom. The van der Waals surface area contributed by atoms with E-state index in [1.54, 1.807) is 11.3 Å². The van der Waals surface area contributed by atoms with Crippen molar-refractivity contribution in [3.8, 4) is 0 Å². The van der Waals surface area contributed by atoms with Crippen LogP contribution in [0.5, 0.6) is 0 Å². The van der Waals surface area contributed by atoms with Crippen molar-refractivity contribution in [2.24, 2.45) is 11.3 Å². The van der Waals surface area contributed by atoms with E-state index in [2.05, 4.69) is 26.1 Å². The highest BCUT2D eigenvalue weighted by atomic mass is 32.1. The Kier molecular flexibility index (Phi) is 5.36. The van der Waals surface area contributed by atoms with Gasteiger partial charge in [-0.3, -0.25) is 9.59 Å². The molecule has 1 fully saturated rings. The third kappa shape index (κ3) is 3.77. The largest absolute Gasteiger partial charge is 0.339 e. The van der Waals surface area contributed by atoms with Crippen molar-refractivity contribution in [1.29, 1.82) is 0 Å². The fourth-order valence-electron chi connectivity index (χ4n) is 4.29. The molecular formula is C22H28N2O2S2. The maximum absolute atomic E-state index is 13.3. The van der Waals surface area contributed by atoms with Crippen molar-refractivity contribution in [3.05, 3.63) is 38.4 Å². The topological polar surface area (TPSA) is 49.4 Å². The Hall–Kier alpha value is -1.66. The molecular weight excluding hydrogens is 388 g/mol. The zero-order chi connectivity index (χ0) is 19.9. The van der Waals surface area contributed by atoms with E-state index in [1.807, 2.05) is 22.4 Å². The summed E-state index contributed by atoms with van der Waals surface area (Å²) in [7, 11) is 0. The third-order valence-electron chi connectivity index (χ3n) is 6.07. The van der Waals surface area contributed by atoms with Gasteiger partial charge in [-0.05, 0) is 60.4 Å². The summed E-state index contributed by atoms with van der Waals surface area (Å²) in [6.45, 7) is 8.54. The molecule has 0 radical (unpaired) electrons. The number of hydrogen-bond donors (Lipinski definition) is 1. The molecule has 28 heavy (non-hydrogen) atoms. The lowest BCUT2D eigenvalue weighted by molar-refractivity contribution is 0.0792. The van der Waals surface area contributed by atoms with E-state index < -0.39 is 0 Å². The molecule has 0 saturated carbocycles. The molecule has 2 aromatic heterocycles. The van der Waals surface area contributed by atoms with Crippen LogP contribution in [0.15, 0.2) is 17.5 Å². The second-order valence-electron chi connectivity index (χ2n) is 8.94.